The van der Waals surface area contributed by atoms with Crippen molar-refractivity contribution in [2.24, 2.45) is 0 Å². The zero-order valence-electron chi connectivity index (χ0n) is 7.26. The van der Waals surface area contributed by atoms with Crippen molar-refractivity contribution in [2.45, 2.75) is 18.7 Å². The minimum absolute atomic E-state index is 0.0553. The molecule has 0 bridgehead atoms. The van der Waals surface area contributed by atoms with Crippen LogP contribution in [0.2, 0.25) is 0 Å². The first-order chi connectivity index (χ1) is 6.09. The van der Waals surface area contributed by atoms with Gasteiger partial charge in [0, 0.05) is 10.9 Å². The van der Waals surface area contributed by atoms with Crippen molar-refractivity contribution in [1.82, 2.24) is 0 Å². The third kappa shape index (κ3) is 3.49. The highest BCUT2D eigenvalue weighted by molar-refractivity contribution is 9.10. The fourth-order valence-electron chi connectivity index (χ4n) is 0.989. The Bertz CT molecular complexity index is 310. The number of rotatable bonds is 3. The molecule has 0 saturated carbocycles. The van der Waals surface area contributed by atoms with Crippen molar-refractivity contribution in [1.29, 1.82) is 0 Å². The molecule has 1 nitrogen and oxygen atoms in total. The number of benzene rings is 1. The van der Waals surface area contributed by atoms with Gasteiger partial charge >= 0.3 is 0 Å². The van der Waals surface area contributed by atoms with Gasteiger partial charge in [-0.1, -0.05) is 28.1 Å². The highest BCUT2D eigenvalue weighted by Gasteiger charge is 2.09. The molecule has 1 rings (SSSR count). The molecule has 0 spiro atoms. The van der Waals surface area contributed by atoms with Crippen LogP contribution in [0, 0.1) is 0 Å². The highest BCUT2D eigenvalue weighted by atomic mass is 79.9. The summed E-state index contributed by atoms with van der Waals surface area (Å²) in [7, 11) is 0. The molecule has 0 fully saturated rings. The Morgan fingerprint density at radius 2 is 2.31 bits per heavy atom. The van der Waals surface area contributed by atoms with Gasteiger partial charge in [0.2, 0.25) is 0 Å². The second-order valence-electron chi connectivity index (χ2n) is 2.89. The number of carbonyl (C=O) groups excluding carboxylic acids is 1. The van der Waals surface area contributed by atoms with Crippen LogP contribution < -0.4 is 0 Å². The van der Waals surface area contributed by atoms with Crippen LogP contribution >= 0.6 is 27.5 Å². The van der Waals surface area contributed by atoms with E-state index in [1.165, 1.54) is 0 Å². The van der Waals surface area contributed by atoms with Crippen LogP contribution in [0.3, 0.4) is 0 Å². The van der Waals surface area contributed by atoms with Crippen LogP contribution in [0.25, 0.3) is 0 Å². The first-order valence-corrected chi connectivity index (χ1v) is 5.24. The predicted molar refractivity (Wildman–Crippen MR) is 58.2 cm³/mol. The van der Waals surface area contributed by atoms with E-state index in [1.54, 1.807) is 6.92 Å². The van der Waals surface area contributed by atoms with Crippen LogP contribution in [-0.2, 0) is 11.2 Å². The topological polar surface area (TPSA) is 17.1 Å². The largest absolute Gasteiger partial charge is 0.298 e. The second kappa shape index (κ2) is 4.77. The van der Waals surface area contributed by atoms with Crippen LogP contribution in [0.15, 0.2) is 28.7 Å². The van der Waals surface area contributed by atoms with Gasteiger partial charge in [0.25, 0.3) is 0 Å². The van der Waals surface area contributed by atoms with E-state index in [9.17, 15) is 4.79 Å². The maximum Gasteiger partial charge on any atom is 0.154 e. The minimum atomic E-state index is -0.404. The third-order valence-corrected chi connectivity index (χ3v) is 2.45. The van der Waals surface area contributed by atoms with E-state index in [1.807, 2.05) is 24.3 Å². The summed E-state index contributed by atoms with van der Waals surface area (Å²) in [4.78, 5) is 11.3. The van der Waals surface area contributed by atoms with E-state index in [0.717, 1.165) is 10.0 Å². The number of hydrogen-bond donors (Lipinski definition) is 0. The number of carbonyl (C=O) groups is 1. The fourth-order valence-corrected chi connectivity index (χ4v) is 1.51. The van der Waals surface area contributed by atoms with Gasteiger partial charge in [-0.05, 0) is 24.6 Å². The Morgan fingerprint density at radius 3 is 2.85 bits per heavy atom. The van der Waals surface area contributed by atoms with Gasteiger partial charge in [0.15, 0.2) is 5.78 Å². The molecule has 1 atom stereocenters. The van der Waals surface area contributed by atoms with E-state index in [2.05, 4.69) is 15.9 Å². The molecule has 13 heavy (non-hydrogen) atoms. The Hall–Kier alpha value is -0.340. The molecule has 1 aromatic rings. The van der Waals surface area contributed by atoms with Crippen molar-refractivity contribution in [3.05, 3.63) is 34.3 Å². The van der Waals surface area contributed by atoms with Crippen LogP contribution in [0.1, 0.15) is 12.5 Å². The van der Waals surface area contributed by atoms with Gasteiger partial charge in [0.05, 0.1) is 5.38 Å². The summed E-state index contributed by atoms with van der Waals surface area (Å²) in [6.45, 7) is 1.70. The predicted octanol–water partition coefficient (Wildman–Crippen LogP) is 3.19. The fraction of sp³-hybridized carbons (Fsp3) is 0.300. The molecular formula is C10H10BrClO. The normalized spacial score (nSPS) is 12.5. The van der Waals surface area contributed by atoms with Gasteiger partial charge in [-0.2, -0.15) is 0 Å². The smallest absolute Gasteiger partial charge is 0.154 e. The van der Waals surface area contributed by atoms with Crippen molar-refractivity contribution >= 4 is 33.3 Å². The zero-order valence-corrected chi connectivity index (χ0v) is 9.60. The third-order valence-electron chi connectivity index (χ3n) is 1.71. The van der Waals surface area contributed by atoms with Crippen LogP contribution in [0.4, 0.5) is 0 Å². The van der Waals surface area contributed by atoms with Gasteiger partial charge in [-0.3, -0.25) is 4.79 Å². The summed E-state index contributed by atoms with van der Waals surface area (Å²) in [6.07, 6.45) is 0.407. The summed E-state index contributed by atoms with van der Waals surface area (Å²) in [5.74, 6) is 0.0553. The zero-order chi connectivity index (χ0) is 9.84. The molecule has 0 heterocycles. The second-order valence-corrected chi connectivity index (χ2v) is 4.46. The lowest BCUT2D eigenvalue weighted by atomic mass is 10.1. The molecular weight excluding hydrogens is 251 g/mol. The SMILES string of the molecule is CC(Cl)C(=O)Cc1cccc(Br)c1. The number of hydrogen-bond acceptors (Lipinski definition) is 1. The summed E-state index contributed by atoms with van der Waals surface area (Å²) in [5.41, 5.74) is 0.992. The molecule has 0 aliphatic heterocycles. The number of halogens is 2. The average molecular weight is 262 g/mol. The van der Waals surface area contributed by atoms with E-state index in [0.29, 0.717) is 6.42 Å². The summed E-state index contributed by atoms with van der Waals surface area (Å²) in [5, 5.41) is -0.404. The van der Waals surface area contributed by atoms with Gasteiger partial charge in [-0.25, -0.2) is 0 Å². The van der Waals surface area contributed by atoms with Crippen molar-refractivity contribution in [2.75, 3.05) is 0 Å². The van der Waals surface area contributed by atoms with E-state index < -0.39 is 5.38 Å². The lowest BCUT2D eigenvalue weighted by Gasteiger charge is -2.02. The maximum atomic E-state index is 11.3. The number of Topliss-reactive ketones (excluding diaryl/α,β-unsaturated/α-hetero) is 1. The van der Waals surface area contributed by atoms with Crippen LogP contribution in [0.5, 0.6) is 0 Å². The van der Waals surface area contributed by atoms with Gasteiger partial charge < -0.3 is 0 Å². The average Bonchev–Trinajstić information content (AvgIpc) is 2.04. The number of ketones is 1. The first kappa shape index (κ1) is 10.7. The standard InChI is InChI=1S/C10H10BrClO/c1-7(12)10(13)6-8-3-2-4-9(11)5-8/h2-5,7H,6H2,1H3. The monoisotopic (exact) mass is 260 g/mol. The lowest BCUT2D eigenvalue weighted by Crippen LogP contribution is -2.12. The van der Waals surface area contributed by atoms with E-state index >= 15 is 0 Å². The molecule has 0 N–H and O–H groups in total. The molecule has 0 aromatic heterocycles. The first-order valence-electron chi connectivity index (χ1n) is 4.01. The molecule has 0 saturated heterocycles. The Balaban J connectivity index is 2.69. The molecule has 0 radical (unpaired) electrons. The van der Waals surface area contributed by atoms with Crippen molar-refractivity contribution < 1.29 is 4.79 Å². The molecule has 0 aliphatic carbocycles. The summed E-state index contributed by atoms with van der Waals surface area (Å²) in [6, 6.07) is 7.68. The van der Waals surface area contributed by atoms with Gasteiger partial charge in [-0.15, -0.1) is 11.6 Å². The molecule has 0 aliphatic rings. The molecule has 1 unspecified atom stereocenters. The quantitative estimate of drug-likeness (QED) is 0.764. The summed E-state index contributed by atoms with van der Waals surface area (Å²) < 4.78 is 0.986. The van der Waals surface area contributed by atoms with Gasteiger partial charge in [0.1, 0.15) is 0 Å². The van der Waals surface area contributed by atoms with Crippen molar-refractivity contribution in [3.8, 4) is 0 Å². The van der Waals surface area contributed by atoms with Crippen molar-refractivity contribution in [3.63, 3.8) is 0 Å². The molecule has 0 amide bonds. The Morgan fingerprint density at radius 1 is 1.62 bits per heavy atom. The molecule has 1 aromatic carbocycles. The number of alkyl halides is 1. The minimum Gasteiger partial charge on any atom is -0.298 e. The molecule has 70 valence electrons. The maximum absolute atomic E-state index is 11.3. The van der Waals surface area contributed by atoms with E-state index in [-0.39, 0.29) is 5.78 Å². The Kier molecular flexibility index (Phi) is 3.94. The lowest BCUT2D eigenvalue weighted by molar-refractivity contribution is -0.117. The molecule has 3 heteroatoms. The van der Waals surface area contributed by atoms with E-state index in [4.69, 9.17) is 11.6 Å². The van der Waals surface area contributed by atoms with Crippen LogP contribution in [-0.4, -0.2) is 11.2 Å². The Labute approximate surface area is 91.2 Å². The highest BCUT2D eigenvalue weighted by Crippen LogP contribution is 2.13. The summed E-state index contributed by atoms with van der Waals surface area (Å²) >= 11 is 9.00.